The molecule has 0 bridgehead atoms. The van der Waals surface area contributed by atoms with Crippen LogP contribution in [0, 0.1) is 6.92 Å². The van der Waals surface area contributed by atoms with Gasteiger partial charge in [0.25, 0.3) is 0 Å². The molecule has 3 aromatic heterocycles. The number of hydrogen-bond donors (Lipinski definition) is 2. The van der Waals surface area contributed by atoms with E-state index in [9.17, 15) is 4.79 Å². The van der Waals surface area contributed by atoms with Crippen LogP contribution in [0.3, 0.4) is 0 Å². The minimum atomic E-state index is -0.521. The third kappa shape index (κ3) is 4.59. The number of fused-ring (bicyclic) bond motifs is 2. The molecule has 0 aliphatic heterocycles. The van der Waals surface area contributed by atoms with Crippen molar-refractivity contribution < 1.29 is 9.53 Å². The van der Waals surface area contributed by atoms with Gasteiger partial charge in [0.05, 0.1) is 23.3 Å². The average Bonchev–Trinajstić information content (AvgIpc) is 3.40. The molecule has 8 nitrogen and oxygen atoms in total. The SMILES string of the molecule is Cc1c(-c2nc3nccc(-c4ccc5c(c4)CCCC5NC(=O)OC(C)(C)C)c3[nH]2)cnn1C(C)C. The Morgan fingerprint density at radius 2 is 2.03 bits per heavy atom. The Morgan fingerprint density at radius 1 is 1.22 bits per heavy atom. The van der Waals surface area contributed by atoms with Gasteiger partial charge in [0.2, 0.25) is 0 Å². The van der Waals surface area contributed by atoms with Gasteiger partial charge in [0.15, 0.2) is 5.65 Å². The number of alkyl carbamates (subject to hydrolysis) is 1. The maximum absolute atomic E-state index is 12.4. The molecule has 0 spiro atoms. The van der Waals surface area contributed by atoms with Crippen LogP contribution in [0.2, 0.25) is 0 Å². The number of pyridine rings is 1. The molecule has 1 aliphatic carbocycles. The van der Waals surface area contributed by atoms with Crippen molar-refractivity contribution in [1.29, 1.82) is 0 Å². The molecule has 188 valence electrons. The van der Waals surface area contributed by atoms with Crippen LogP contribution in [-0.4, -0.2) is 36.4 Å². The maximum Gasteiger partial charge on any atom is 0.408 e. The second-order valence-electron chi connectivity index (χ2n) is 10.8. The van der Waals surface area contributed by atoms with Crippen molar-refractivity contribution in [2.75, 3.05) is 0 Å². The number of benzene rings is 1. The van der Waals surface area contributed by atoms with Crippen molar-refractivity contribution in [2.45, 2.75) is 78.5 Å². The number of aromatic amines is 1. The van der Waals surface area contributed by atoms with Gasteiger partial charge in [-0.3, -0.25) is 4.68 Å². The predicted molar refractivity (Wildman–Crippen MR) is 141 cm³/mol. The predicted octanol–water partition coefficient (Wildman–Crippen LogP) is 6.28. The molecule has 1 amide bonds. The molecule has 36 heavy (non-hydrogen) atoms. The summed E-state index contributed by atoms with van der Waals surface area (Å²) in [6.45, 7) is 11.9. The molecule has 0 saturated carbocycles. The highest BCUT2D eigenvalue weighted by Gasteiger charge is 2.25. The summed E-state index contributed by atoms with van der Waals surface area (Å²) in [5.41, 5.74) is 7.68. The van der Waals surface area contributed by atoms with Gasteiger partial charge < -0.3 is 15.0 Å². The number of aryl methyl sites for hydroxylation is 1. The highest BCUT2D eigenvalue weighted by molar-refractivity contribution is 5.91. The number of H-pyrrole nitrogens is 1. The van der Waals surface area contributed by atoms with E-state index in [0.717, 1.165) is 58.6 Å². The molecule has 8 heteroatoms. The van der Waals surface area contributed by atoms with E-state index < -0.39 is 5.60 Å². The van der Waals surface area contributed by atoms with E-state index in [1.807, 2.05) is 37.7 Å². The molecule has 1 aliphatic rings. The van der Waals surface area contributed by atoms with Crippen LogP contribution in [0.1, 0.15) is 76.4 Å². The van der Waals surface area contributed by atoms with E-state index in [1.54, 1.807) is 6.20 Å². The van der Waals surface area contributed by atoms with Gasteiger partial charge in [0.1, 0.15) is 11.4 Å². The van der Waals surface area contributed by atoms with Gasteiger partial charge >= 0.3 is 6.09 Å². The Hall–Kier alpha value is -3.68. The van der Waals surface area contributed by atoms with Gasteiger partial charge in [-0.1, -0.05) is 18.2 Å². The first-order chi connectivity index (χ1) is 17.1. The van der Waals surface area contributed by atoms with Gasteiger partial charge in [-0.15, -0.1) is 0 Å². The zero-order valence-corrected chi connectivity index (χ0v) is 21.8. The van der Waals surface area contributed by atoms with E-state index in [1.165, 1.54) is 5.56 Å². The number of carbonyl (C=O) groups excluding carboxylic acids is 1. The van der Waals surface area contributed by atoms with Crippen LogP contribution in [0.4, 0.5) is 4.79 Å². The summed E-state index contributed by atoms with van der Waals surface area (Å²) in [5.74, 6) is 0.772. The Labute approximate surface area is 211 Å². The lowest BCUT2D eigenvalue weighted by Crippen LogP contribution is -2.36. The zero-order chi connectivity index (χ0) is 25.6. The van der Waals surface area contributed by atoms with E-state index in [2.05, 4.69) is 59.4 Å². The standard InChI is InChI=1S/C28H34N6O2/c1-16(2)34-17(3)22(15-30-34)25-32-24-21(12-13-29-26(24)33-25)19-10-11-20-18(14-19)8-7-9-23(20)31-27(35)36-28(4,5)6/h10-16,23H,7-9H2,1-6H3,(H,31,35)(H,29,32,33). The summed E-state index contributed by atoms with van der Waals surface area (Å²) >= 11 is 0. The maximum atomic E-state index is 12.4. The monoisotopic (exact) mass is 486 g/mol. The Balaban J connectivity index is 1.47. The molecule has 3 heterocycles. The number of carbonyl (C=O) groups is 1. The second kappa shape index (κ2) is 9.08. The lowest BCUT2D eigenvalue weighted by atomic mass is 9.85. The highest BCUT2D eigenvalue weighted by Crippen LogP contribution is 2.35. The molecule has 1 atom stereocenters. The van der Waals surface area contributed by atoms with Crippen molar-refractivity contribution in [1.82, 2.24) is 30.0 Å². The molecule has 2 N–H and O–H groups in total. The molecule has 0 saturated heterocycles. The molecule has 0 fully saturated rings. The Kier molecular flexibility index (Phi) is 6.06. The van der Waals surface area contributed by atoms with E-state index >= 15 is 0 Å². The van der Waals surface area contributed by atoms with Crippen LogP contribution in [-0.2, 0) is 11.2 Å². The molecule has 0 radical (unpaired) electrons. The van der Waals surface area contributed by atoms with Crippen LogP contribution < -0.4 is 5.32 Å². The topological polar surface area (TPSA) is 97.7 Å². The van der Waals surface area contributed by atoms with Crippen molar-refractivity contribution in [3.63, 3.8) is 0 Å². The average molecular weight is 487 g/mol. The number of hydrogen-bond acceptors (Lipinski definition) is 5. The number of ether oxygens (including phenoxy) is 1. The normalized spacial score (nSPS) is 15.8. The number of aromatic nitrogens is 5. The van der Waals surface area contributed by atoms with Crippen LogP contribution in [0.25, 0.3) is 33.7 Å². The number of nitrogens with zero attached hydrogens (tertiary/aromatic N) is 4. The first-order valence-corrected chi connectivity index (χ1v) is 12.6. The lowest BCUT2D eigenvalue weighted by Gasteiger charge is -2.28. The van der Waals surface area contributed by atoms with Crippen molar-refractivity contribution in [2.24, 2.45) is 0 Å². The molecule has 1 unspecified atom stereocenters. The second-order valence-corrected chi connectivity index (χ2v) is 10.8. The fraction of sp³-hybridized carbons (Fsp3) is 0.429. The fourth-order valence-corrected chi connectivity index (χ4v) is 5.04. The summed E-state index contributed by atoms with van der Waals surface area (Å²) in [6, 6.07) is 8.73. The Bertz CT molecular complexity index is 1430. The first-order valence-electron chi connectivity index (χ1n) is 12.6. The molecule has 5 rings (SSSR count). The van der Waals surface area contributed by atoms with Gasteiger partial charge in [0, 0.05) is 23.5 Å². The summed E-state index contributed by atoms with van der Waals surface area (Å²) in [4.78, 5) is 25.2. The number of amides is 1. The summed E-state index contributed by atoms with van der Waals surface area (Å²) in [6.07, 6.45) is 6.18. The third-order valence-corrected chi connectivity index (χ3v) is 6.64. The summed E-state index contributed by atoms with van der Waals surface area (Å²) in [5, 5.41) is 7.60. The van der Waals surface area contributed by atoms with Crippen molar-refractivity contribution in [3.05, 3.63) is 53.5 Å². The zero-order valence-electron chi connectivity index (χ0n) is 21.8. The van der Waals surface area contributed by atoms with Crippen molar-refractivity contribution in [3.8, 4) is 22.5 Å². The number of rotatable bonds is 4. The van der Waals surface area contributed by atoms with Crippen LogP contribution >= 0.6 is 0 Å². The highest BCUT2D eigenvalue weighted by atomic mass is 16.6. The van der Waals surface area contributed by atoms with Crippen LogP contribution in [0.5, 0.6) is 0 Å². The third-order valence-electron chi connectivity index (χ3n) is 6.64. The van der Waals surface area contributed by atoms with Gasteiger partial charge in [-0.05, 0) is 83.6 Å². The molecule has 4 aromatic rings. The van der Waals surface area contributed by atoms with Crippen LogP contribution in [0.15, 0.2) is 36.7 Å². The lowest BCUT2D eigenvalue weighted by molar-refractivity contribution is 0.0498. The molecular weight excluding hydrogens is 452 g/mol. The fourth-order valence-electron chi connectivity index (χ4n) is 5.04. The van der Waals surface area contributed by atoms with Gasteiger partial charge in [-0.2, -0.15) is 5.10 Å². The minimum Gasteiger partial charge on any atom is -0.444 e. The molecular formula is C28H34N6O2. The smallest absolute Gasteiger partial charge is 0.408 e. The van der Waals surface area contributed by atoms with E-state index in [-0.39, 0.29) is 18.2 Å². The number of imidazole rings is 1. The first kappa shape index (κ1) is 24.0. The largest absolute Gasteiger partial charge is 0.444 e. The minimum absolute atomic E-state index is 0.0469. The van der Waals surface area contributed by atoms with E-state index in [0.29, 0.717) is 5.65 Å². The van der Waals surface area contributed by atoms with Gasteiger partial charge in [-0.25, -0.2) is 14.8 Å². The van der Waals surface area contributed by atoms with E-state index in [4.69, 9.17) is 9.72 Å². The quantitative estimate of drug-likeness (QED) is 0.354. The summed E-state index contributed by atoms with van der Waals surface area (Å²) in [7, 11) is 0. The Morgan fingerprint density at radius 3 is 2.75 bits per heavy atom. The number of nitrogens with one attached hydrogen (secondary N) is 2. The summed E-state index contributed by atoms with van der Waals surface area (Å²) < 4.78 is 7.49. The molecule has 1 aromatic carbocycles. The van der Waals surface area contributed by atoms with Crippen molar-refractivity contribution >= 4 is 17.3 Å².